The van der Waals surface area contributed by atoms with Crippen molar-refractivity contribution in [2.24, 2.45) is 0 Å². The third kappa shape index (κ3) is 3.95. The van der Waals surface area contributed by atoms with Gasteiger partial charge in [-0.3, -0.25) is 4.79 Å². The van der Waals surface area contributed by atoms with Gasteiger partial charge in [0, 0.05) is 10.5 Å². The van der Waals surface area contributed by atoms with E-state index in [1.165, 1.54) is 11.8 Å². The Bertz CT molecular complexity index is 815. The molecule has 8 heteroatoms. The normalized spacial score (nSPS) is 15.6. The number of amides is 1. The number of hydrogen-bond donors (Lipinski definition) is 5. The second-order valence-electron chi connectivity index (χ2n) is 6.31. The minimum atomic E-state index is -1.50. The first kappa shape index (κ1) is 19.7. The largest absolute Gasteiger partial charge is 0.483 e. The molecule has 3 rings (SSSR count). The summed E-state index contributed by atoms with van der Waals surface area (Å²) in [5.41, 5.74) is 0.0241. The van der Waals surface area contributed by atoms with Crippen molar-refractivity contribution in [3.63, 3.8) is 0 Å². The summed E-state index contributed by atoms with van der Waals surface area (Å²) in [6.07, 6.45) is -0.777. The van der Waals surface area contributed by atoms with Gasteiger partial charge in [-0.25, -0.2) is 0 Å². The third-order valence-electron chi connectivity index (χ3n) is 4.40. The van der Waals surface area contributed by atoms with Crippen LogP contribution in [0.15, 0.2) is 52.3 Å². The van der Waals surface area contributed by atoms with Crippen LogP contribution in [0.1, 0.15) is 17.2 Å². The van der Waals surface area contributed by atoms with Gasteiger partial charge in [-0.2, -0.15) is 0 Å². The highest BCUT2D eigenvalue weighted by Gasteiger charge is 2.31. The molecule has 0 saturated heterocycles. The molecule has 1 heterocycles. The van der Waals surface area contributed by atoms with Crippen LogP contribution in [0.3, 0.4) is 0 Å². The van der Waals surface area contributed by atoms with E-state index in [9.17, 15) is 25.2 Å². The lowest BCUT2D eigenvalue weighted by molar-refractivity contribution is -0.127. The Balaban J connectivity index is 1.75. The van der Waals surface area contributed by atoms with Gasteiger partial charge in [0.15, 0.2) is 6.61 Å². The monoisotopic (exact) mass is 391 g/mol. The van der Waals surface area contributed by atoms with Crippen molar-refractivity contribution in [3.8, 4) is 5.75 Å². The lowest BCUT2D eigenvalue weighted by Gasteiger charge is -2.29. The molecule has 1 aliphatic rings. The van der Waals surface area contributed by atoms with Gasteiger partial charge in [0.25, 0.3) is 5.91 Å². The Morgan fingerprint density at radius 2 is 1.70 bits per heavy atom. The fourth-order valence-electron chi connectivity index (χ4n) is 2.79. The molecule has 1 atom stereocenters. The number of ether oxygens (including phenoxy) is 1. The Labute approximate surface area is 160 Å². The van der Waals surface area contributed by atoms with Crippen LogP contribution in [0, 0.1) is 0 Å². The molecule has 0 saturated carbocycles. The number of nitrogens with one attached hydrogen (secondary N) is 1. The minimum Gasteiger partial charge on any atom is -0.483 e. The van der Waals surface area contributed by atoms with Crippen molar-refractivity contribution in [2.45, 2.75) is 21.4 Å². The number of carbonyl (C=O) groups is 1. The van der Waals surface area contributed by atoms with E-state index in [2.05, 4.69) is 5.32 Å². The molecular formula is C19H21NO6S. The molecule has 144 valence electrons. The van der Waals surface area contributed by atoms with Crippen LogP contribution >= 0.6 is 11.8 Å². The number of aliphatic hydroxyl groups excluding tert-OH is 4. The van der Waals surface area contributed by atoms with Gasteiger partial charge in [0.2, 0.25) is 0 Å². The molecule has 0 spiro atoms. The summed E-state index contributed by atoms with van der Waals surface area (Å²) >= 11 is 1.45. The van der Waals surface area contributed by atoms with Gasteiger partial charge in [0.1, 0.15) is 17.4 Å². The Morgan fingerprint density at radius 1 is 1.04 bits per heavy atom. The molecule has 7 nitrogen and oxygen atoms in total. The van der Waals surface area contributed by atoms with E-state index in [1.807, 2.05) is 30.3 Å². The number of carbonyl (C=O) groups excluding carboxylic acids is 1. The van der Waals surface area contributed by atoms with E-state index in [4.69, 9.17) is 4.74 Å². The minimum absolute atomic E-state index is 0.365. The number of aliphatic hydroxyl groups is 4. The Hall–Kier alpha value is -2.10. The van der Waals surface area contributed by atoms with Crippen LogP contribution in [0.5, 0.6) is 5.75 Å². The first-order valence-electron chi connectivity index (χ1n) is 8.37. The SMILES string of the molecule is O=C(COc1cccc2c1Sc1ccccc1C2O)NC(CO)(CO)CO. The predicted molar refractivity (Wildman–Crippen MR) is 98.7 cm³/mol. The molecule has 27 heavy (non-hydrogen) atoms. The number of benzene rings is 2. The van der Waals surface area contributed by atoms with Gasteiger partial charge in [-0.15, -0.1) is 0 Å². The van der Waals surface area contributed by atoms with E-state index < -0.39 is 37.4 Å². The molecule has 0 fully saturated rings. The van der Waals surface area contributed by atoms with Crippen LogP contribution in [0.25, 0.3) is 0 Å². The first-order valence-corrected chi connectivity index (χ1v) is 9.19. The molecule has 2 aromatic carbocycles. The maximum Gasteiger partial charge on any atom is 0.258 e. The van der Waals surface area contributed by atoms with E-state index >= 15 is 0 Å². The van der Waals surface area contributed by atoms with Crippen molar-refractivity contribution in [1.82, 2.24) is 5.32 Å². The maximum absolute atomic E-state index is 12.1. The second-order valence-corrected chi connectivity index (χ2v) is 7.36. The van der Waals surface area contributed by atoms with Gasteiger partial charge in [0.05, 0.1) is 24.7 Å². The van der Waals surface area contributed by atoms with Crippen LogP contribution in [0.4, 0.5) is 0 Å². The molecule has 1 unspecified atom stereocenters. The molecular weight excluding hydrogens is 370 g/mol. The van der Waals surface area contributed by atoms with Gasteiger partial charge >= 0.3 is 0 Å². The van der Waals surface area contributed by atoms with E-state index in [1.54, 1.807) is 12.1 Å². The highest BCUT2D eigenvalue weighted by atomic mass is 32.2. The summed E-state index contributed by atoms with van der Waals surface area (Å²) in [7, 11) is 0. The first-order chi connectivity index (χ1) is 13.0. The summed E-state index contributed by atoms with van der Waals surface area (Å²) in [4.78, 5) is 13.8. The third-order valence-corrected chi connectivity index (χ3v) is 5.63. The summed E-state index contributed by atoms with van der Waals surface area (Å²) in [6, 6.07) is 12.8. The van der Waals surface area contributed by atoms with Crippen molar-refractivity contribution < 1.29 is 30.0 Å². The van der Waals surface area contributed by atoms with Crippen LogP contribution in [-0.2, 0) is 4.79 Å². The molecule has 1 aliphatic heterocycles. The quantitative estimate of drug-likeness (QED) is 0.465. The summed E-state index contributed by atoms with van der Waals surface area (Å²) in [5, 5.41) is 40.9. The predicted octanol–water partition coefficient (Wildman–Crippen LogP) is 0.444. The highest BCUT2D eigenvalue weighted by molar-refractivity contribution is 7.99. The zero-order valence-electron chi connectivity index (χ0n) is 14.5. The van der Waals surface area contributed by atoms with Crippen LogP contribution in [-0.4, -0.2) is 58.3 Å². The molecule has 0 bridgehead atoms. The fourth-order valence-corrected chi connectivity index (χ4v) is 3.98. The van der Waals surface area contributed by atoms with E-state index in [-0.39, 0.29) is 6.61 Å². The average molecular weight is 391 g/mol. The summed E-state index contributed by atoms with van der Waals surface area (Å²) in [6.45, 7) is -2.18. The van der Waals surface area contributed by atoms with Gasteiger partial charge < -0.3 is 30.5 Å². The number of fused-ring (bicyclic) bond motifs is 2. The smallest absolute Gasteiger partial charge is 0.258 e. The van der Waals surface area contributed by atoms with Crippen LogP contribution < -0.4 is 10.1 Å². The standard InChI is InChI=1S/C19H21NO6S/c21-9-19(10-22,11-23)20-16(24)8-26-14-6-3-5-13-17(25)12-4-1-2-7-15(12)27-18(13)14/h1-7,17,21-23,25H,8-11H2,(H,20,24). The van der Waals surface area contributed by atoms with Gasteiger partial charge in [-0.1, -0.05) is 42.1 Å². The number of hydrogen-bond acceptors (Lipinski definition) is 7. The van der Waals surface area contributed by atoms with Crippen molar-refractivity contribution >= 4 is 17.7 Å². The van der Waals surface area contributed by atoms with Gasteiger partial charge in [-0.05, 0) is 17.7 Å². The maximum atomic E-state index is 12.1. The topological polar surface area (TPSA) is 119 Å². The van der Waals surface area contributed by atoms with Crippen molar-refractivity contribution in [3.05, 3.63) is 53.6 Å². The molecule has 0 radical (unpaired) electrons. The molecule has 1 amide bonds. The van der Waals surface area contributed by atoms with Crippen molar-refractivity contribution in [2.75, 3.05) is 26.4 Å². The molecule has 5 N–H and O–H groups in total. The zero-order chi connectivity index (χ0) is 19.4. The number of rotatable bonds is 7. The lowest BCUT2D eigenvalue weighted by Crippen LogP contribution is -2.58. The summed E-state index contributed by atoms with van der Waals surface area (Å²) in [5.74, 6) is -0.143. The highest BCUT2D eigenvalue weighted by Crippen LogP contribution is 2.48. The fraction of sp³-hybridized carbons (Fsp3) is 0.316. The molecule has 0 aromatic heterocycles. The van der Waals surface area contributed by atoms with Crippen LogP contribution in [0.2, 0.25) is 0 Å². The van der Waals surface area contributed by atoms with Crippen molar-refractivity contribution in [1.29, 1.82) is 0 Å². The molecule has 2 aromatic rings. The second kappa shape index (κ2) is 8.28. The Morgan fingerprint density at radius 3 is 2.41 bits per heavy atom. The van der Waals surface area contributed by atoms with E-state index in [0.717, 1.165) is 15.4 Å². The lowest BCUT2D eigenvalue weighted by atomic mass is 10.0. The van der Waals surface area contributed by atoms with E-state index in [0.29, 0.717) is 11.3 Å². The summed E-state index contributed by atoms with van der Waals surface area (Å²) < 4.78 is 5.62. The average Bonchev–Trinajstić information content (AvgIpc) is 2.71. The molecule has 0 aliphatic carbocycles. The Kier molecular flexibility index (Phi) is 6.03. The zero-order valence-corrected chi connectivity index (χ0v) is 15.3.